The zero-order valence-corrected chi connectivity index (χ0v) is 11.2. The van der Waals surface area contributed by atoms with Crippen LogP contribution in [0.2, 0.25) is 0 Å². The van der Waals surface area contributed by atoms with Crippen LogP contribution in [0.4, 0.5) is 18.0 Å². The number of nitrogens with two attached hydrogens (primary N) is 1. The number of halogens is 4. The summed E-state index contributed by atoms with van der Waals surface area (Å²) in [4.78, 5) is 11.4. The zero-order chi connectivity index (χ0) is 13.5. The molecule has 1 rings (SSSR count). The first-order valence-corrected chi connectivity index (χ1v) is 5.28. The fourth-order valence-electron chi connectivity index (χ4n) is 1.66. The molecule has 18 heavy (non-hydrogen) atoms. The van der Waals surface area contributed by atoms with E-state index in [-0.39, 0.29) is 25.4 Å². The zero-order valence-electron chi connectivity index (χ0n) is 10.4. The van der Waals surface area contributed by atoms with Gasteiger partial charge in [-0.05, 0) is 27.2 Å². The van der Waals surface area contributed by atoms with Crippen LogP contribution in [0, 0.1) is 5.92 Å². The summed E-state index contributed by atoms with van der Waals surface area (Å²) in [6.07, 6.45) is -5.39. The second kappa shape index (κ2) is 5.13. The molecule has 1 aliphatic carbocycles. The fourth-order valence-corrected chi connectivity index (χ4v) is 1.66. The lowest BCUT2D eigenvalue weighted by Crippen LogP contribution is -2.48. The van der Waals surface area contributed by atoms with Crippen molar-refractivity contribution >= 4 is 18.5 Å². The number of alkyl halides is 3. The first-order valence-electron chi connectivity index (χ1n) is 5.28. The van der Waals surface area contributed by atoms with Gasteiger partial charge in [0.05, 0.1) is 11.5 Å². The predicted molar refractivity (Wildman–Crippen MR) is 62.6 cm³/mol. The van der Waals surface area contributed by atoms with E-state index in [9.17, 15) is 18.0 Å². The Kier molecular flexibility index (Phi) is 4.93. The maximum atomic E-state index is 12.5. The van der Waals surface area contributed by atoms with Gasteiger partial charge in [0.2, 0.25) is 0 Å². The highest BCUT2D eigenvalue weighted by Crippen LogP contribution is 2.52. The number of nitrogens with one attached hydrogen (secondary N) is 1. The van der Waals surface area contributed by atoms with Crippen LogP contribution in [-0.2, 0) is 4.74 Å². The lowest BCUT2D eigenvalue weighted by Gasteiger charge is -2.23. The molecule has 1 aliphatic rings. The number of hydrogen-bond donors (Lipinski definition) is 2. The number of carbonyl (C=O) groups is 1. The first kappa shape index (κ1) is 17.3. The molecule has 0 aromatic carbocycles. The molecule has 0 saturated heterocycles. The summed E-state index contributed by atoms with van der Waals surface area (Å²) in [7, 11) is 0. The van der Waals surface area contributed by atoms with Crippen LogP contribution in [0.3, 0.4) is 0 Å². The number of ether oxygens (including phenoxy) is 1. The van der Waals surface area contributed by atoms with Gasteiger partial charge in [0, 0.05) is 6.54 Å². The molecule has 3 N–H and O–H groups in total. The average molecular weight is 291 g/mol. The van der Waals surface area contributed by atoms with Gasteiger partial charge in [-0.2, -0.15) is 13.2 Å². The molecule has 0 spiro atoms. The lowest BCUT2D eigenvalue weighted by atomic mass is 10.2. The molecule has 0 bridgehead atoms. The van der Waals surface area contributed by atoms with E-state index >= 15 is 0 Å². The van der Waals surface area contributed by atoms with Crippen LogP contribution < -0.4 is 11.1 Å². The molecule has 2 unspecified atom stereocenters. The lowest BCUT2D eigenvalue weighted by molar-refractivity contribution is -0.152. The van der Waals surface area contributed by atoms with Crippen molar-refractivity contribution in [1.29, 1.82) is 0 Å². The van der Waals surface area contributed by atoms with E-state index in [1.165, 1.54) is 0 Å². The van der Waals surface area contributed by atoms with Crippen molar-refractivity contribution < 1.29 is 22.7 Å². The molecule has 0 aromatic rings. The normalized spacial score (nSPS) is 27.2. The summed E-state index contributed by atoms with van der Waals surface area (Å²) >= 11 is 0. The Morgan fingerprint density at radius 1 is 1.44 bits per heavy atom. The Morgan fingerprint density at radius 2 is 1.94 bits per heavy atom. The Bertz CT molecular complexity index is 317. The fraction of sp³-hybridized carbons (Fsp3) is 0.900. The van der Waals surface area contributed by atoms with E-state index in [1.54, 1.807) is 20.8 Å². The molecule has 1 amide bonds. The predicted octanol–water partition coefficient (Wildman–Crippen LogP) is 2.21. The van der Waals surface area contributed by atoms with Gasteiger partial charge in [0.1, 0.15) is 5.60 Å². The highest BCUT2D eigenvalue weighted by Gasteiger charge is 2.67. The van der Waals surface area contributed by atoms with Crippen molar-refractivity contribution in [2.24, 2.45) is 11.7 Å². The van der Waals surface area contributed by atoms with Gasteiger partial charge in [0.25, 0.3) is 0 Å². The Labute approximate surface area is 110 Å². The smallest absolute Gasteiger partial charge is 0.408 e. The number of carbonyl (C=O) groups excluding carboxylic acids is 1. The SMILES string of the molecule is CC(C)(C)OC(=O)NC1(CN)CC1C(F)(F)F.Cl. The molecule has 108 valence electrons. The van der Waals surface area contributed by atoms with E-state index in [0.717, 1.165) is 0 Å². The van der Waals surface area contributed by atoms with E-state index in [0.29, 0.717) is 0 Å². The van der Waals surface area contributed by atoms with E-state index in [4.69, 9.17) is 10.5 Å². The largest absolute Gasteiger partial charge is 0.444 e. The van der Waals surface area contributed by atoms with Crippen molar-refractivity contribution in [2.75, 3.05) is 6.54 Å². The minimum absolute atomic E-state index is 0. The van der Waals surface area contributed by atoms with E-state index in [2.05, 4.69) is 5.32 Å². The van der Waals surface area contributed by atoms with Crippen molar-refractivity contribution in [3.8, 4) is 0 Å². The van der Waals surface area contributed by atoms with Crippen LogP contribution in [0.25, 0.3) is 0 Å². The summed E-state index contributed by atoms with van der Waals surface area (Å²) in [6.45, 7) is 4.65. The van der Waals surface area contributed by atoms with E-state index < -0.39 is 29.3 Å². The van der Waals surface area contributed by atoms with Gasteiger partial charge >= 0.3 is 12.3 Å². The maximum absolute atomic E-state index is 12.5. The van der Waals surface area contributed by atoms with Gasteiger partial charge in [0.15, 0.2) is 0 Å². The monoisotopic (exact) mass is 290 g/mol. The van der Waals surface area contributed by atoms with Gasteiger partial charge in [-0.25, -0.2) is 4.79 Å². The molecule has 0 aliphatic heterocycles. The van der Waals surface area contributed by atoms with Gasteiger partial charge in [-0.15, -0.1) is 12.4 Å². The number of alkyl carbamates (subject to hydrolysis) is 1. The Balaban J connectivity index is 0.00000289. The summed E-state index contributed by atoms with van der Waals surface area (Å²) in [5, 5.41) is 2.22. The maximum Gasteiger partial charge on any atom is 0.408 e. The molecule has 0 radical (unpaired) electrons. The molecule has 1 fully saturated rings. The van der Waals surface area contributed by atoms with Gasteiger partial charge in [-0.1, -0.05) is 0 Å². The standard InChI is InChI=1S/C10H17F3N2O2.ClH/c1-8(2,3)17-7(16)15-9(5-14)4-6(9)10(11,12)13;/h6H,4-5,14H2,1-3H3,(H,15,16);1H. The number of rotatable bonds is 2. The molecule has 0 aromatic heterocycles. The summed E-state index contributed by atoms with van der Waals surface area (Å²) in [5.41, 5.74) is 3.16. The third-order valence-electron chi connectivity index (χ3n) is 2.58. The van der Waals surface area contributed by atoms with Crippen molar-refractivity contribution in [3.63, 3.8) is 0 Å². The molecule has 0 heterocycles. The van der Waals surface area contributed by atoms with Crippen LogP contribution in [0.5, 0.6) is 0 Å². The highest BCUT2D eigenvalue weighted by molar-refractivity contribution is 5.85. The summed E-state index contributed by atoms with van der Waals surface area (Å²) in [5.74, 6) is -1.58. The Hall–Kier alpha value is -0.690. The van der Waals surface area contributed by atoms with Crippen molar-refractivity contribution in [3.05, 3.63) is 0 Å². The summed E-state index contributed by atoms with van der Waals surface area (Å²) in [6, 6.07) is 0. The molecule has 1 saturated carbocycles. The van der Waals surface area contributed by atoms with Crippen LogP contribution in [-0.4, -0.2) is 30.0 Å². The van der Waals surface area contributed by atoms with Crippen LogP contribution in [0.15, 0.2) is 0 Å². The molecular formula is C10H18ClF3N2O2. The molecule has 2 atom stereocenters. The third kappa shape index (κ3) is 4.20. The van der Waals surface area contributed by atoms with Crippen LogP contribution in [0.1, 0.15) is 27.2 Å². The molecule has 4 nitrogen and oxygen atoms in total. The average Bonchev–Trinajstić information content (AvgIpc) is 2.75. The molecular weight excluding hydrogens is 273 g/mol. The Morgan fingerprint density at radius 3 is 2.22 bits per heavy atom. The topological polar surface area (TPSA) is 64.3 Å². The second-order valence-corrected chi connectivity index (χ2v) is 5.29. The van der Waals surface area contributed by atoms with Crippen molar-refractivity contribution in [1.82, 2.24) is 5.32 Å². The molecule has 8 heteroatoms. The minimum atomic E-state index is -4.34. The third-order valence-corrected chi connectivity index (χ3v) is 2.58. The van der Waals surface area contributed by atoms with Crippen molar-refractivity contribution in [2.45, 2.75) is 44.5 Å². The van der Waals surface area contributed by atoms with E-state index in [1.807, 2.05) is 0 Å². The first-order chi connectivity index (χ1) is 7.50. The minimum Gasteiger partial charge on any atom is -0.444 e. The second-order valence-electron chi connectivity index (χ2n) is 5.29. The van der Waals surface area contributed by atoms with Crippen LogP contribution >= 0.6 is 12.4 Å². The highest BCUT2D eigenvalue weighted by atomic mass is 35.5. The number of hydrogen-bond acceptors (Lipinski definition) is 3. The quantitative estimate of drug-likeness (QED) is 0.819. The van der Waals surface area contributed by atoms with Gasteiger partial charge in [-0.3, -0.25) is 0 Å². The van der Waals surface area contributed by atoms with Gasteiger partial charge < -0.3 is 15.8 Å². The summed E-state index contributed by atoms with van der Waals surface area (Å²) < 4.78 is 42.3. The number of amides is 1.